The van der Waals surface area contributed by atoms with Gasteiger partial charge in [0.15, 0.2) is 0 Å². The number of rotatable bonds is 4. The summed E-state index contributed by atoms with van der Waals surface area (Å²) in [5.74, 6) is -0.878. The van der Waals surface area contributed by atoms with Crippen LogP contribution in [0.25, 0.3) is 0 Å². The Hall–Kier alpha value is -0.940. The van der Waals surface area contributed by atoms with E-state index in [0.717, 1.165) is 11.1 Å². The molecule has 17 heavy (non-hydrogen) atoms. The van der Waals surface area contributed by atoms with Gasteiger partial charge in [-0.05, 0) is 41.3 Å². The van der Waals surface area contributed by atoms with E-state index in [0.29, 0.717) is 23.9 Å². The monoisotopic (exact) mass is 302 g/mol. The number of ketones is 1. The first-order chi connectivity index (χ1) is 8.02. The average molecular weight is 303 g/mol. The lowest BCUT2D eigenvalue weighted by Gasteiger charge is -2.19. The van der Waals surface area contributed by atoms with E-state index in [2.05, 4.69) is 20.7 Å². The van der Waals surface area contributed by atoms with Crippen molar-refractivity contribution >= 4 is 27.7 Å². The van der Waals surface area contributed by atoms with Crippen molar-refractivity contribution in [2.45, 2.75) is 19.8 Å². The van der Waals surface area contributed by atoms with Crippen molar-refractivity contribution in [3.05, 3.63) is 21.2 Å². The number of halogens is 1. The molecule has 0 heterocycles. The summed E-state index contributed by atoms with van der Waals surface area (Å²) in [6.45, 7) is 2.34. The summed E-state index contributed by atoms with van der Waals surface area (Å²) >= 11 is 3.21. The molecule has 0 radical (unpaired) electrons. The summed E-state index contributed by atoms with van der Waals surface area (Å²) in [6.07, 6.45) is 1.16. The number of hydrogen-bond donors (Lipinski definition) is 0. The highest BCUT2D eigenvalue weighted by atomic mass is 79.9. The van der Waals surface area contributed by atoms with Gasteiger partial charge in [-0.3, -0.25) is 4.79 Å². The zero-order chi connectivity index (χ0) is 13.0. The molecular formula is C12H15BrO4. The van der Waals surface area contributed by atoms with Gasteiger partial charge in [-0.15, -0.1) is 0 Å². The molecule has 0 N–H and O–H groups in total. The molecule has 0 aromatic heterocycles. The number of carbonyl (C=O) groups excluding carboxylic acids is 2. The topological polar surface area (TPSA) is 52.6 Å². The van der Waals surface area contributed by atoms with Gasteiger partial charge in [0.2, 0.25) is 5.78 Å². The summed E-state index contributed by atoms with van der Waals surface area (Å²) in [6, 6.07) is 0. The zero-order valence-electron chi connectivity index (χ0n) is 10.1. The molecule has 0 fully saturated rings. The lowest BCUT2D eigenvalue weighted by Crippen LogP contribution is -2.21. The average Bonchev–Trinajstić information content (AvgIpc) is 2.32. The van der Waals surface area contributed by atoms with Crippen molar-refractivity contribution in [1.29, 1.82) is 0 Å². The summed E-state index contributed by atoms with van der Waals surface area (Å²) in [5, 5.41) is 0. The van der Waals surface area contributed by atoms with Crippen LogP contribution in [0.2, 0.25) is 0 Å². The van der Waals surface area contributed by atoms with Crippen molar-refractivity contribution in [3.8, 4) is 0 Å². The molecule has 0 amide bonds. The van der Waals surface area contributed by atoms with E-state index in [-0.39, 0.29) is 11.4 Å². The number of hydrogen-bond acceptors (Lipinski definition) is 4. The van der Waals surface area contributed by atoms with Crippen LogP contribution in [0.15, 0.2) is 21.2 Å². The molecule has 0 aromatic carbocycles. The van der Waals surface area contributed by atoms with Crippen LogP contribution in [0.1, 0.15) is 19.8 Å². The second-order valence-electron chi connectivity index (χ2n) is 3.81. The maximum Gasteiger partial charge on any atom is 0.341 e. The maximum atomic E-state index is 12.0. The fourth-order valence-electron chi connectivity index (χ4n) is 1.73. The van der Waals surface area contributed by atoms with E-state index in [1.165, 1.54) is 7.11 Å². The Morgan fingerprint density at radius 2 is 2.06 bits per heavy atom. The molecule has 1 aliphatic rings. The maximum absolute atomic E-state index is 12.0. The van der Waals surface area contributed by atoms with Crippen molar-refractivity contribution in [3.63, 3.8) is 0 Å². The highest BCUT2D eigenvalue weighted by Gasteiger charge is 2.30. The van der Waals surface area contributed by atoms with Crippen molar-refractivity contribution in [2.24, 2.45) is 0 Å². The molecule has 0 bridgehead atoms. The van der Waals surface area contributed by atoms with Crippen LogP contribution in [0.5, 0.6) is 0 Å². The lowest BCUT2D eigenvalue weighted by molar-refractivity contribution is -0.137. The summed E-state index contributed by atoms with van der Waals surface area (Å²) in [5.41, 5.74) is 1.85. The zero-order valence-corrected chi connectivity index (χ0v) is 11.7. The molecule has 1 rings (SSSR count). The summed E-state index contributed by atoms with van der Waals surface area (Å²) in [4.78, 5) is 23.6. The largest absolute Gasteiger partial charge is 0.465 e. The molecular weight excluding hydrogens is 288 g/mol. The number of allylic oxidation sites excluding steroid dienone is 2. The standard InChI is InChI=1S/C12H15BrO4/c1-7-6-8(4-5-16-2)9(12(15)17-3)11(14)10(7)13/h4-6H2,1-3H3. The highest BCUT2D eigenvalue weighted by molar-refractivity contribution is 9.12. The number of carbonyl (C=O) groups is 2. The van der Waals surface area contributed by atoms with E-state index in [1.54, 1.807) is 7.11 Å². The van der Waals surface area contributed by atoms with Gasteiger partial charge in [-0.2, -0.15) is 0 Å². The van der Waals surface area contributed by atoms with Crippen LogP contribution < -0.4 is 0 Å². The molecule has 4 nitrogen and oxygen atoms in total. The Morgan fingerprint density at radius 1 is 1.41 bits per heavy atom. The minimum atomic E-state index is -0.578. The second kappa shape index (κ2) is 6.12. The van der Waals surface area contributed by atoms with Gasteiger partial charge in [-0.1, -0.05) is 5.57 Å². The third kappa shape index (κ3) is 3.04. The molecule has 0 aromatic rings. The van der Waals surface area contributed by atoms with Gasteiger partial charge in [0.25, 0.3) is 0 Å². The first kappa shape index (κ1) is 14.1. The summed E-state index contributed by atoms with van der Waals surface area (Å²) in [7, 11) is 2.86. The van der Waals surface area contributed by atoms with Crippen LogP contribution >= 0.6 is 15.9 Å². The highest BCUT2D eigenvalue weighted by Crippen LogP contribution is 2.32. The molecule has 0 aliphatic heterocycles. The first-order valence-electron chi connectivity index (χ1n) is 5.22. The third-order valence-corrected chi connectivity index (χ3v) is 3.67. The number of ether oxygens (including phenoxy) is 2. The minimum Gasteiger partial charge on any atom is -0.465 e. The molecule has 1 aliphatic carbocycles. The predicted molar refractivity (Wildman–Crippen MR) is 66.8 cm³/mol. The Kier molecular flexibility index (Phi) is 5.08. The van der Waals surface area contributed by atoms with Crippen molar-refractivity contribution in [1.82, 2.24) is 0 Å². The Labute approximate surface area is 109 Å². The molecule has 0 saturated carbocycles. The van der Waals surface area contributed by atoms with Crippen LogP contribution in [0, 0.1) is 0 Å². The smallest absolute Gasteiger partial charge is 0.341 e. The number of methoxy groups -OCH3 is 2. The van der Waals surface area contributed by atoms with Gasteiger partial charge >= 0.3 is 5.97 Å². The van der Waals surface area contributed by atoms with Gasteiger partial charge in [0.05, 0.1) is 11.6 Å². The Bertz CT molecular complexity index is 407. The van der Waals surface area contributed by atoms with E-state index in [9.17, 15) is 9.59 Å². The number of Topliss-reactive ketones (excluding diaryl/α,β-unsaturated/α-hetero) is 1. The van der Waals surface area contributed by atoms with Crippen LogP contribution in [0.3, 0.4) is 0 Å². The van der Waals surface area contributed by atoms with Gasteiger partial charge < -0.3 is 9.47 Å². The Morgan fingerprint density at radius 3 is 2.59 bits per heavy atom. The van der Waals surface area contributed by atoms with Gasteiger partial charge in [0.1, 0.15) is 5.57 Å². The minimum absolute atomic E-state index is 0.141. The van der Waals surface area contributed by atoms with Gasteiger partial charge in [0, 0.05) is 13.7 Å². The van der Waals surface area contributed by atoms with Crippen LogP contribution in [-0.4, -0.2) is 32.6 Å². The first-order valence-corrected chi connectivity index (χ1v) is 6.01. The van der Waals surface area contributed by atoms with Gasteiger partial charge in [-0.25, -0.2) is 4.79 Å². The van der Waals surface area contributed by atoms with Crippen molar-refractivity contribution in [2.75, 3.05) is 20.8 Å². The van der Waals surface area contributed by atoms with Crippen LogP contribution in [0.4, 0.5) is 0 Å². The SMILES string of the molecule is COCCC1=C(C(=O)OC)C(=O)C(Br)=C(C)C1. The fraction of sp³-hybridized carbons (Fsp3) is 0.500. The molecule has 0 unspecified atom stereocenters. The second-order valence-corrected chi connectivity index (χ2v) is 4.61. The quantitative estimate of drug-likeness (QED) is 0.590. The molecule has 0 spiro atoms. The molecule has 0 atom stereocenters. The molecule has 0 saturated heterocycles. The van der Waals surface area contributed by atoms with Crippen molar-refractivity contribution < 1.29 is 19.1 Å². The van der Waals surface area contributed by atoms with E-state index >= 15 is 0 Å². The van der Waals surface area contributed by atoms with E-state index in [1.807, 2.05) is 6.92 Å². The van der Waals surface area contributed by atoms with Crippen LogP contribution in [-0.2, 0) is 19.1 Å². The normalized spacial score (nSPS) is 16.6. The number of esters is 1. The molecule has 5 heteroatoms. The summed E-state index contributed by atoms with van der Waals surface area (Å²) < 4.78 is 10.1. The fourth-order valence-corrected chi connectivity index (χ4v) is 2.07. The van der Waals surface area contributed by atoms with E-state index < -0.39 is 5.97 Å². The predicted octanol–water partition coefficient (Wildman–Crippen LogP) is 2.13. The third-order valence-electron chi connectivity index (χ3n) is 2.63. The van der Waals surface area contributed by atoms with E-state index in [4.69, 9.17) is 4.74 Å². The lowest BCUT2D eigenvalue weighted by atomic mass is 9.89. The Balaban J connectivity index is 3.09. The molecule has 94 valence electrons.